The average molecular weight is 242 g/mol. The second-order valence-corrected chi connectivity index (χ2v) is 4.73. The Hall–Kier alpha value is -1.94. The van der Waals surface area contributed by atoms with E-state index in [1.165, 1.54) is 5.56 Å². The molecule has 0 bridgehead atoms. The number of phenolic OH excluding ortho intramolecular Hbond substituents is 1. The van der Waals surface area contributed by atoms with Crippen LogP contribution in [0.2, 0.25) is 0 Å². The number of hydrogen-bond acceptors (Lipinski definition) is 4. The molecule has 0 saturated heterocycles. The van der Waals surface area contributed by atoms with E-state index in [1.807, 2.05) is 12.1 Å². The summed E-state index contributed by atoms with van der Waals surface area (Å²) >= 11 is 1.61. The van der Waals surface area contributed by atoms with Crippen LogP contribution < -0.4 is 0 Å². The number of phenols is 1. The SMILES string of the molecule is Cc1csc2ncnc(-c3cccc(O)c3)c12. The largest absolute Gasteiger partial charge is 0.508 e. The van der Waals surface area contributed by atoms with Crippen molar-refractivity contribution < 1.29 is 5.11 Å². The zero-order valence-electron chi connectivity index (χ0n) is 9.21. The van der Waals surface area contributed by atoms with Gasteiger partial charge in [-0.2, -0.15) is 0 Å². The van der Waals surface area contributed by atoms with E-state index in [0.717, 1.165) is 21.5 Å². The molecule has 0 spiro atoms. The third-order valence-electron chi connectivity index (χ3n) is 2.67. The molecular weight excluding hydrogens is 232 g/mol. The monoisotopic (exact) mass is 242 g/mol. The zero-order valence-corrected chi connectivity index (χ0v) is 10.0. The summed E-state index contributed by atoms with van der Waals surface area (Å²) in [4.78, 5) is 9.57. The van der Waals surface area contributed by atoms with Crippen LogP contribution in [-0.4, -0.2) is 15.1 Å². The molecule has 3 nitrogen and oxygen atoms in total. The van der Waals surface area contributed by atoms with Crippen molar-refractivity contribution in [1.82, 2.24) is 9.97 Å². The van der Waals surface area contributed by atoms with E-state index in [0.29, 0.717) is 0 Å². The molecule has 0 radical (unpaired) electrons. The first kappa shape index (κ1) is 10.2. The van der Waals surface area contributed by atoms with Gasteiger partial charge in [0, 0.05) is 10.9 Å². The lowest BCUT2D eigenvalue weighted by atomic mass is 10.1. The Bertz CT molecular complexity index is 691. The summed E-state index contributed by atoms with van der Waals surface area (Å²) in [7, 11) is 0. The number of nitrogens with zero attached hydrogens (tertiary/aromatic N) is 2. The van der Waals surface area contributed by atoms with Crippen molar-refractivity contribution in [3.63, 3.8) is 0 Å². The predicted molar refractivity (Wildman–Crippen MR) is 69.3 cm³/mol. The molecule has 2 heterocycles. The van der Waals surface area contributed by atoms with Gasteiger partial charge in [0.15, 0.2) is 0 Å². The van der Waals surface area contributed by atoms with Crippen LogP contribution in [-0.2, 0) is 0 Å². The summed E-state index contributed by atoms with van der Waals surface area (Å²) in [5.74, 6) is 0.252. The molecule has 0 aliphatic carbocycles. The van der Waals surface area contributed by atoms with E-state index in [4.69, 9.17) is 0 Å². The molecule has 3 rings (SSSR count). The maximum atomic E-state index is 9.53. The van der Waals surface area contributed by atoms with Crippen LogP contribution in [0.3, 0.4) is 0 Å². The Morgan fingerprint density at radius 2 is 2.12 bits per heavy atom. The van der Waals surface area contributed by atoms with Gasteiger partial charge in [0.2, 0.25) is 0 Å². The molecule has 0 fully saturated rings. The zero-order chi connectivity index (χ0) is 11.8. The number of fused-ring (bicyclic) bond motifs is 1. The van der Waals surface area contributed by atoms with Gasteiger partial charge in [-0.05, 0) is 30.0 Å². The fourth-order valence-corrected chi connectivity index (χ4v) is 2.78. The molecule has 0 aliphatic rings. The van der Waals surface area contributed by atoms with Crippen molar-refractivity contribution in [2.45, 2.75) is 6.92 Å². The number of aromatic nitrogens is 2. The van der Waals surface area contributed by atoms with Gasteiger partial charge in [-0.15, -0.1) is 11.3 Å². The van der Waals surface area contributed by atoms with Crippen molar-refractivity contribution in [3.8, 4) is 17.0 Å². The molecule has 0 saturated carbocycles. The lowest BCUT2D eigenvalue weighted by Crippen LogP contribution is -1.87. The lowest BCUT2D eigenvalue weighted by molar-refractivity contribution is 0.475. The molecule has 84 valence electrons. The second-order valence-electron chi connectivity index (χ2n) is 3.87. The predicted octanol–water partition coefficient (Wildman–Crippen LogP) is 3.37. The van der Waals surface area contributed by atoms with Crippen LogP contribution >= 0.6 is 11.3 Å². The smallest absolute Gasteiger partial charge is 0.127 e. The summed E-state index contributed by atoms with van der Waals surface area (Å²) in [6.07, 6.45) is 1.57. The summed E-state index contributed by atoms with van der Waals surface area (Å²) in [5.41, 5.74) is 2.97. The second kappa shape index (κ2) is 3.82. The molecule has 0 unspecified atom stereocenters. The van der Waals surface area contributed by atoms with Crippen molar-refractivity contribution >= 4 is 21.6 Å². The van der Waals surface area contributed by atoms with Gasteiger partial charge >= 0.3 is 0 Å². The topological polar surface area (TPSA) is 46.0 Å². The molecule has 0 atom stereocenters. The van der Waals surface area contributed by atoms with Crippen molar-refractivity contribution in [2.24, 2.45) is 0 Å². The highest BCUT2D eigenvalue weighted by molar-refractivity contribution is 7.17. The van der Waals surface area contributed by atoms with E-state index in [2.05, 4.69) is 22.3 Å². The van der Waals surface area contributed by atoms with Gasteiger partial charge in [0.05, 0.1) is 5.69 Å². The van der Waals surface area contributed by atoms with E-state index >= 15 is 0 Å². The van der Waals surface area contributed by atoms with Gasteiger partial charge in [-0.1, -0.05) is 12.1 Å². The number of benzene rings is 1. The highest BCUT2D eigenvalue weighted by Gasteiger charge is 2.10. The molecule has 2 aromatic heterocycles. The third kappa shape index (κ3) is 1.66. The standard InChI is InChI=1S/C13H10N2OS/c1-8-6-17-13-11(8)12(14-7-15-13)9-3-2-4-10(16)5-9/h2-7,16H,1H3. The highest BCUT2D eigenvalue weighted by atomic mass is 32.1. The van der Waals surface area contributed by atoms with Crippen LogP contribution in [0.25, 0.3) is 21.5 Å². The average Bonchev–Trinajstić information content (AvgIpc) is 2.71. The molecule has 0 amide bonds. The van der Waals surface area contributed by atoms with E-state index < -0.39 is 0 Å². The van der Waals surface area contributed by atoms with Crippen molar-refractivity contribution in [1.29, 1.82) is 0 Å². The molecule has 3 aromatic rings. The van der Waals surface area contributed by atoms with Crippen LogP contribution in [0.15, 0.2) is 36.0 Å². The Balaban J connectivity index is 2.33. The van der Waals surface area contributed by atoms with Gasteiger partial charge in [-0.25, -0.2) is 9.97 Å². The van der Waals surface area contributed by atoms with Gasteiger partial charge in [0.1, 0.15) is 16.9 Å². The van der Waals surface area contributed by atoms with Crippen molar-refractivity contribution in [3.05, 3.63) is 41.5 Å². The molecule has 1 N–H and O–H groups in total. The normalized spacial score (nSPS) is 10.9. The maximum Gasteiger partial charge on any atom is 0.127 e. The number of aromatic hydroxyl groups is 1. The van der Waals surface area contributed by atoms with Gasteiger partial charge < -0.3 is 5.11 Å². The minimum absolute atomic E-state index is 0.252. The quantitative estimate of drug-likeness (QED) is 0.711. The van der Waals surface area contributed by atoms with E-state index in [-0.39, 0.29) is 5.75 Å². The highest BCUT2D eigenvalue weighted by Crippen LogP contribution is 2.32. The number of aryl methyl sites for hydroxylation is 1. The molecule has 0 aliphatic heterocycles. The Morgan fingerprint density at radius 1 is 1.24 bits per heavy atom. The molecule has 17 heavy (non-hydrogen) atoms. The number of rotatable bonds is 1. The molecule has 1 aromatic carbocycles. The molecule has 4 heteroatoms. The fourth-order valence-electron chi connectivity index (χ4n) is 1.89. The minimum atomic E-state index is 0.252. The summed E-state index contributed by atoms with van der Waals surface area (Å²) in [6, 6.07) is 7.14. The Morgan fingerprint density at radius 3 is 2.94 bits per heavy atom. The first-order valence-electron chi connectivity index (χ1n) is 5.24. The van der Waals surface area contributed by atoms with E-state index in [9.17, 15) is 5.11 Å². The summed E-state index contributed by atoms with van der Waals surface area (Å²) in [5, 5.41) is 12.7. The minimum Gasteiger partial charge on any atom is -0.508 e. The maximum absolute atomic E-state index is 9.53. The lowest BCUT2D eigenvalue weighted by Gasteiger charge is -2.03. The van der Waals surface area contributed by atoms with Crippen LogP contribution in [0.4, 0.5) is 0 Å². The van der Waals surface area contributed by atoms with Crippen LogP contribution in [0, 0.1) is 6.92 Å². The number of hydrogen-bond donors (Lipinski definition) is 1. The first-order valence-corrected chi connectivity index (χ1v) is 6.12. The third-order valence-corrected chi connectivity index (χ3v) is 3.68. The fraction of sp³-hybridized carbons (Fsp3) is 0.0769. The van der Waals surface area contributed by atoms with Gasteiger partial charge in [0.25, 0.3) is 0 Å². The summed E-state index contributed by atoms with van der Waals surface area (Å²) in [6.45, 7) is 2.05. The van der Waals surface area contributed by atoms with Crippen LogP contribution in [0.1, 0.15) is 5.56 Å². The van der Waals surface area contributed by atoms with E-state index in [1.54, 1.807) is 29.8 Å². The number of thiophene rings is 1. The Labute approximate surface area is 102 Å². The van der Waals surface area contributed by atoms with Gasteiger partial charge in [-0.3, -0.25) is 0 Å². The first-order chi connectivity index (χ1) is 8.25. The molecular formula is C13H10N2OS. The summed E-state index contributed by atoms with van der Waals surface area (Å²) < 4.78 is 0. The Kier molecular flexibility index (Phi) is 2.30. The van der Waals surface area contributed by atoms with Crippen molar-refractivity contribution in [2.75, 3.05) is 0 Å². The van der Waals surface area contributed by atoms with Crippen LogP contribution in [0.5, 0.6) is 5.75 Å².